The molecule has 1 aliphatic rings. The van der Waals surface area contributed by atoms with Crippen molar-refractivity contribution in [3.8, 4) is 0 Å². The molecule has 0 unspecified atom stereocenters. The molecule has 0 bridgehead atoms. The molecule has 1 aliphatic carbocycles. The summed E-state index contributed by atoms with van der Waals surface area (Å²) in [5.41, 5.74) is 2.30. The van der Waals surface area contributed by atoms with Crippen molar-refractivity contribution in [3.05, 3.63) is 46.5 Å². The molecule has 134 valence electrons. The molecule has 0 radical (unpaired) electrons. The van der Waals surface area contributed by atoms with Crippen molar-refractivity contribution in [2.75, 3.05) is 6.61 Å². The van der Waals surface area contributed by atoms with Gasteiger partial charge >= 0.3 is 0 Å². The van der Waals surface area contributed by atoms with Crippen LogP contribution < -0.4 is 0 Å². The van der Waals surface area contributed by atoms with E-state index >= 15 is 0 Å². The molecule has 0 spiro atoms. The first-order valence-corrected chi connectivity index (χ1v) is 9.07. The number of hydrogen-bond acceptors (Lipinski definition) is 4. The molecule has 2 rings (SSSR count). The lowest BCUT2D eigenvalue weighted by molar-refractivity contribution is -0.121. The van der Waals surface area contributed by atoms with Gasteiger partial charge in [-0.1, -0.05) is 49.9 Å². The molecule has 0 heterocycles. The summed E-state index contributed by atoms with van der Waals surface area (Å²) < 4.78 is 0. The average Bonchev–Trinajstić information content (AvgIpc) is 2.64. The van der Waals surface area contributed by atoms with Gasteiger partial charge in [0.1, 0.15) is 6.61 Å². The summed E-state index contributed by atoms with van der Waals surface area (Å²) in [4.78, 5) is 36.0. The number of carbonyl (C=O) groups is 3. The lowest BCUT2D eigenvalue weighted by atomic mass is 9.82. The van der Waals surface area contributed by atoms with Gasteiger partial charge in [-0.05, 0) is 26.2 Å². The number of fused-ring (bicyclic) bond motifs is 1. The third-order valence-corrected chi connectivity index (χ3v) is 4.79. The SMILES string of the molecule is CC1=C(CCCCCCCCC(=O)CO)C(=O)c2ccccc2C1=O. The van der Waals surface area contributed by atoms with Gasteiger partial charge in [0.25, 0.3) is 0 Å². The van der Waals surface area contributed by atoms with E-state index in [4.69, 9.17) is 5.11 Å². The Balaban J connectivity index is 1.76. The van der Waals surface area contributed by atoms with E-state index in [1.807, 2.05) is 0 Å². The quantitative estimate of drug-likeness (QED) is 0.651. The Morgan fingerprint density at radius 2 is 1.44 bits per heavy atom. The predicted octanol–water partition coefficient (Wildman–Crippen LogP) is 4.06. The molecule has 0 saturated heterocycles. The molecule has 0 saturated carbocycles. The number of carbonyl (C=O) groups excluding carboxylic acids is 3. The normalized spacial score (nSPS) is 14.0. The maximum atomic E-state index is 12.6. The molecule has 4 heteroatoms. The van der Waals surface area contributed by atoms with Gasteiger partial charge in [0.15, 0.2) is 17.3 Å². The first-order chi connectivity index (χ1) is 12.1. The van der Waals surface area contributed by atoms with Crippen LogP contribution in [0.2, 0.25) is 0 Å². The van der Waals surface area contributed by atoms with Gasteiger partial charge < -0.3 is 5.11 Å². The number of rotatable bonds is 10. The Morgan fingerprint density at radius 3 is 2.08 bits per heavy atom. The van der Waals surface area contributed by atoms with Crippen LogP contribution in [-0.4, -0.2) is 29.1 Å². The summed E-state index contributed by atoms with van der Waals surface area (Å²) in [6.45, 7) is 1.40. The number of aliphatic hydroxyl groups excluding tert-OH is 1. The number of aliphatic hydroxyl groups is 1. The van der Waals surface area contributed by atoms with Crippen molar-refractivity contribution in [3.63, 3.8) is 0 Å². The van der Waals surface area contributed by atoms with Crippen molar-refractivity contribution in [2.45, 2.75) is 58.3 Å². The highest BCUT2D eigenvalue weighted by molar-refractivity contribution is 6.26. The van der Waals surface area contributed by atoms with Gasteiger partial charge in [-0.2, -0.15) is 0 Å². The maximum absolute atomic E-state index is 12.6. The number of Topliss-reactive ketones (excluding diaryl/α,β-unsaturated/α-hetero) is 3. The highest BCUT2D eigenvalue weighted by atomic mass is 16.3. The largest absolute Gasteiger partial charge is 0.389 e. The minimum absolute atomic E-state index is 0.00443. The number of allylic oxidation sites excluding steroid dienone is 2. The predicted molar refractivity (Wildman–Crippen MR) is 96.8 cm³/mol. The Morgan fingerprint density at radius 1 is 0.880 bits per heavy atom. The summed E-state index contributed by atoms with van der Waals surface area (Å²) in [5.74, 6) is -0.128. The van der Waals surface area contributed by atoms with E-state index in [1.165, 1.54) is 0 Å². The molecule has 0 aliphatic heterocycles. The van der Waals surface area contributed by atoms with E-state index in [0.29, 0.717) is 35.1 Å². The van der Waals surface area contributed by atoms with Gasteiger partial charge in [-0.3, -0.25) is 14.4 Å². The summed E-state index contributed by atoms with van der Waals surface area (Å²) in [5, 5.41) is 8.65. The highest BCUT2D eigenvalue weighted by Gasteiger charge is 2.28. The minimum atomic E-state index is -0.357. The molecule has 0 atom stereocenters. The average molecular weight is 342 g/mol. The Bertz CT molecular complexity index is 685. The Labute approximate surface area is 148 Å². The minimum Gasteiger partial charge on any atom is -0.389 e. The van der Waals surface area contributed by atoms with E-state index in [2.05, 4.69) is 0 Å². The molecule has 1 aromatic rings. The summed E-state index contributed by atoms with van der Waals surface area (Å²) >= 11 is 0. The summed E-state index contributed by atoms with van der Waals surface area (Å²) in [6.07, 6.45) is 6.92. The van der Waals surface area contributed by atoms with Crippen molar-refractivity contribution < 1.29 is 19.5 Å². The molecule has 0 amide bonds. The fourth-order valence-electron chi connectivity index (χ4n) is 3.26. The first kappa shape index (κ1) is 19.3. The van der Waals surface area contributed by atoms with Gasteiger partial charge in [0.2, 0.25) is 0 Å². The van der Waals surface area contributed by atoms with Crippen molar-refractivity contribution in [1.82, 2.24) is 0 Å². The van der Waals surface area contributed by atoms with E-state index in [9.17, 15) is 14.4 Å². The third-order valence-electron chi connectivity index (χ3n) is 4.79. The molecular weight excluding hydrogens is 316 g/mol. The lowest BCUT2D eigenvalue weighted by Crippen LogP contribution is -2.20. The zero-order chi connectivity index (χ0) is 18.2. The van der Waals surface area contributed by atoms with E-state index in [0.717, 1.165) is 38.5 Å². The molecule has 25 heavy (non-hydrogen) atoms. The van der Waals surface area contributed by atoms with Crippen LogP contribution >= 0.6 is 0 Å². The number of unbranched alkanes of at least 4 members (excludes halogenated alkanes) is 5. The fourth-order valence-corrected chi connectivity index (χ4v) is 3.26. The Hall–Kier alpha value is -2.07. The standard InChI is InChI=1S/C21H26O4/c1-15-17(11-7-5-3-2-4-6-10-16(23)14-22)21(25)19-13-9-8-12-18(19)20(15)24/h8-9,12-13,22H,2-7,10-11,14H2,1H3. The Kier molecular flexibility index (Phi) is 7.26. The van der Waals surface area contributed by atoms with Gasteiger partial charge in [-0.25, -0.2) is 0 Å². The monoisotopic (exact) mass is 342 g/mol. The van der Waals surface area contributed by atoms with Crippen molar-refractivity contribution in [2.24, 2.45) is 0 Å². The van der Waals surface area contributed by atoms with Crippen LogP contribution in [0.15, 0.2) is 35.4 Å². The van der Waals surface area contributed by atoms with Crippen LogP contribution in [0.4, 0.5) is 0 Å². The summed E-state index contributed by atoms with van der Waals surface area (Å²) in [7, 11) is 0. The second-order valence-corrected chi connectivity index (χ2v) is 6.63. The second-order valence-electron chi connectivity index (χ2n) is 6.63. The highest BCUT2D eigenvalue weighted by Crippen LogP contribution is 2.29. The molecule has 0 aromatic heterocycles. The molecule has 4 nitrogen and oxygen atoms in total. The first-order valence-electron chi connectivity index (χ1n) is 9.07. The molecule has 1 aromatic carbocycles. The van der Waals surface area contributed by atoms with E-state index in [1.54, 1.807) is 31.2 Å². The van der Waals surface area contributed by atoms with Gasteiger partial charge in [0, 0.05) is 28.7 Å². The van der Waals surface area contributed by atoms with Gasteiger partial charge in [-0.15, -0.1) is 0 Å². The third kappa shape index (κ3) is 4.95. The smallest absolute Gasteiger partial charge is 0.190 e. The molecule has 0 fully saturated rings. The molecular formula is C21H26O4. The number of hydrogen-bond donors (Lipinski definition) is 1. The second kappa shape index (κ2) is 9.42. The number of benzene rings is 1. The van der Waals surface area contributed by atoms with Crippen LogP contribution in [0, 0.1) is 0 Å². The fraction of sp³-hybridized carbons (Fsp3) is 0.476. The van der Waals surface area contributed by atoms with E-state index in [-0.39, 0.29) is 24.0 Å². The zero-order valence-corrected chi connectivity index (χ0v) is 14.8. The lowest BCUT2D eigenvalue weighted by Gasteiger charge is -2.18. The van der Waals surface area contributed by atoms with Crippen LogP contribution in [0.5, 0.6) is 0 Å². The van der Waals surface area contributed by atoms with E-state index < -0.39 is 0 Å². The zero-order valence-electron chi connectivity index (χ0n) is 14.8. The van der Waals surface area contributed by atoms with Crippen LogP contribution in [-0.2, 0) is 4.79 Å². The van der Waals surface area contributed by atoms with Crippen LogP contribution in [0.3, 0.4) is 0 Å². The van der Waals surface area contributed by atoms with Gasteiger partial charge in [0.05, 0.1) is 0 Å². The van der Waals surface area contributed by atoms with Crippen LogP contribution in [0.25, 0.3) is 0 Å². The van der Waals surface area contributed by atoms with Crippen LogP contribution in [0.1, 0.15) is 79.0 Å². The maximum Gasteiger partial charge on any atom is 0.190 e. The summed E-state index contributed by atoms with van der Waals surface area (Å²) in [6, 6.07) is 7.04. The number of ketones is 3. The van der Waals surface area contributed by atoms with Crippen molar-refractivity contribution >= 4 is 17.3 Å². The van der Waals surface area contributed by atoms with Crippen molar-refractivity contribution in [1.29, 1.82) is 0 Å². The topological polar surface area (TPSA) is 71.4 Å². The molecule has 1 N–H and O–H groups in total.